The van der Waals surface area contributed by atoms with Gasteiger partial charge in [0.2, 0.25) is 0 Å². The van der Waals surface area contributed by atoms with E-state index in [1.165, 1.54) is 5.56 Å². The molecule has 3 rings (SSSR count). The smallest absolute Gasteiger partial charge is 0.338 e. The Balaban J connectivity index is 1.46. The SMILES string of the molecule is CCOC(=O)c1cccc(NC(=O)N2CCN(C/C=C/c3ccccc3)CC2)c1. The fraction of sp³-hybridized carbons (Fsp3) is 0.304. The number of carbonyl (C=O) groups excluding carboxylic acids is 2. The van der Waals surface area contributed by atoms with E-state index >= 15 is 0 Å². The first-order valence-corrected chi connectivity index (χ1v) is 9.93. The summed E-state index contributed by atoms with van der Waals surface area (Å²) in [4.78, 5) is 28.5. The lowest BCUT2D eigenvalue weighted by Gasteiger charge is -2.34. The van der Waals surface area contributed by atoms with E-state index in [9.17, 15) is 9.59 Å². The molecule has 2 aromatic rings. The summed E-state index contributed by atoms with van der Waals surface area (Å²) < 4.78 is 5.00. The molecule has 0 atom stereocenters. The number of nitrogens with zero attached hydrogens (tertiary/aromatic N) is 2. The molecule has 0 aliphatic carbocycles. The number of nitrogens with one attached hydrogen (secondary N) is 1. The Hall–Kier alpha value is -3.12. The number of urea groups is 1. The number of carbonyl (C=O) groups is 2. The Morgan fingerprint density at radius 2 is 1.79 bits per heavy atom. The topological polar surface area (TPSA) is 61.9 Å². The highest BCUT2D eigenvalue weighted by molar-refractivity contribution is 5.94. The number of hydrogen-bond donors (Lipinski definition) is 1. The third-order valence-electron chi connectivity index (χ3n) is 4.76. The molecule has 6 nitrogen and oxygen atoms in total. The lowest BCUT2D eigenvalue weighted by molar-refractivity contribution is 0.0526. The van der Waals surface area contributed by atoms with Crippen LogP contribution in [-0.2, 0) is 4.74 Å². The van der Waals surface area contributed by atoms with Gasteiger partial charge in [0.25, 0.3) is 0 Å². The zero-order valence-electron chi connectivity index (χ0n) is 16.7. The number of amides is 2. The highest BCUT2D eigenvalue weighted by Gasteiger charge is 2.20. The average Bonchev–Trinajstić information content (AvgIpc) is 2.75. The van der Waals surface area contributed by atoms with Gasteiger partial charge < -0.3 is 15.0 Å². The Labute approximate surface area is 171 Å². The molecular weight excluding hydrogens is 366 g/mol. The molecule has 0 aromatic heterocycles. The number of anilines is 1. The Bertz CT molecular complexity index is 843. The van der Waals surface area contributed by atoms with Crippen LogP contribution in [0.3, 0.4) is 0 Å². The third-order valence-corrected chi connectivity index (χ3v) is 4.76. The third kappa shape index (κ3) is 6.19. The minimum absolute atomic E-state index is 0.148. The molecule has 0 bridgehead atoms. The van der Waals surface area contributed by atoms with Crippen molar-refractivity contribution in [2.45, 2.75) is 6.92 Å². The maximum absolute atomic E-state index is 12.5. The molecular formula is C23H27N3O3. The largest absolute Gasteiger partial charge is 0.462 e. The van der Waals surface area contributed by atoms with E-state index in [1.807, 2.05) is 18.2 Å². The summed E-state index contributed by atoms with van der Waals surface area (Å²) in [5.41, 5.74) is 2.21. The van der Waals surface area contributed by atoms with Gasteiger partial charge >= 0.3 is 12.0 Å². The van der Waals surface area contributed by atoms with Gasteiger partial charge in [0, 0.05) is 38.4 Å². The van der Waals surface area contributed by atoms with E-state index in [4.69, 9.17) is 4.74 Å². The van der Waals surface area contributed by atoms with Crippen LogP contribution in [0.1, 0.15) is 22.8 Å². The fourth-order valence-corrected chi connectivity index (χ4v) is 3.18. The Kier molecular flexibility index (Phi) is 7.41. The molecule has 1 fully saturated rings. The first-order valence-electron chi connectivity index (χ1n) is 9.93. The number of ether oxygens (including phenoxy) is 1. The van der Waals surface area contributed by atoms with Crippen molar-refractivity contribution >= 4 is 23.8 Å². The van der Waals surface area contributed by atoms with Crippen molar-refractivity contribution in [3.63, 3.8) is 0 Å². The highest BCUT2D eigenvalue weighted by atomic mass is 16.5. The fourth-order valence-electron chi connectivity index (χ4n) is 3.18. The van der Waals surface area contributed by atoms with E-state index in [0.717, 1.165) is 19.6 Å². The van der Waals surface area contributed by atoms with Gasteiger partial charge in [-0.1, -0.05) is 48.6 Å². The zero-order chi connectivity index (χ0) is 20.5. The van der Waals surface area contributed by atoms with Gasteiger partial charge in [-0.3, -0.25) is 4.90 Å². The van der Waals surface area contributed by atoms with Gasteiger partial charge in [-0.2, -0.15) is 0 Å². The van der Waals surface area contributed by atoms with Crippen LogP contribution in [-0.4, -0.2) is 61.1 Å². The van der Waals surface area contributed by atoms with E-state index in [1.54, 1.807) is 36.1 Å². The van der Waals surface area contributed by atoms with Crippen LogP contribution >= 0.6 is 0 Å². The predicted octanol–water partition coefficient (Wildman–Crippen LogP) is 3.73. The van der Waals surface area contributed by atoms with Crippen molar-refractivity contribution in [1.82, 2.24) is 9.80 Å². The van der Waals surface area contributed by atoms with Gasteiger partial charge in [0.1, 0.15) is 0 Å². The Morgan fingerprint density at radius 1 is 1.03 bits per heavy atom. The molecule has 29 heavy (non-hydrogen) atoms. The molecule has 6 heteroatoms. The van der Waals surface area contributed by atoms with E-state index in [0.29, 0.717) is 30.9 Å². The molecule has 1 aliphatic heterocycles. The van der Waals surface area contributed by atoms with Crippen LogP contribution in [0.5, 0.6) is 0 Å². The molecule has 1 heterocycles. The number of piperazine rings is 1. The maximum Gasteiger partial charge on any atom is 0.338 e. The van der Waals surface area contributed by atoms with Crippen molar-refractivity contribution in [2.24, 2.45) is 0 Å². The standard InChI is InChI=1S/C23H27N3O3/c1-2-29-22(27)20-11-6-12-21(18-20)24-23(28)26-16-14-25(15-17-26)13-7-10-19-8-4-3-5-9-19/h3-12,18H,2,13-17H2,1H3,(H,24,28)/b10-7+. The molecule has 1 N–H and O–H groups in total. The molecule has 0 saturated carbocycles. The molecule has 1 saturated heterocycles. The van der Waals surface area contributed by atoms with Crippen LogP contribution in [0.15, 0.2) is 60.7 Å². The second kappa shape index (κ2) is 10.4. The molecule has 0 spiro atoms. The number of rotatable bonds is 6. The summed E-state index contributed by atoms with van der Waals surface area (Å²) in [6.45, 7) is 5.95. The first-order chi connectivity index (χ1) is 14.2. The molecule has 152 valence electrons. The van der Waals surface area contributed by atoms with Crippen LogP contribution in [0.25, 0.3) is 6.08 Å². The zero-order valence-corrected chi connectivity index (χ0v) is 16.7. The number of benzene rings is 2. The van der Waals surface area contributed by atoms with Gasteiger partial charge in [0.15, 0.2) is 0 Å². The highest BCUT2D eigenvalue weighted by Crippen LogP contribution is 2.13. The quantitative estimate of drug-likeness (QED) is 0.760. The van der Waals surface area contributed by atoms with Crippen LogP contribution < -0.4 is 5.32 Å². The summed E-state index contributed by atoms with van der Waals surface area (Å²) in [6, 6.07) is 16.9. The molecule has 0 radical (unpaired) electrons. The molecule has 0 unspecified atom stereocenters. The van der Waals surface area contributed by atoms with Gasteiger partial charge in [0.05, 0.1) is 12.2 Å². The monoisotopic (exact) mass is 393 g/mol. The van der Waals surface area contributed by atoms with Crippen LogP contribution in [0.2, 0.25) is 0 Å². The van der Waals surface area contributed by atoms with Gasteiger partial charge in [-0.25, -0.2) is 9.59 Å². The number of hydrogen-bond acceptors (Lipinski definition) is 4. The van der Waals surface area contributed by atoms with Crippen molar-refractivity contribution in [1.29, 1.82) is 0 Å². The summed E-state index contributed by atoms with van der Waals surface area (Å²) >= 11 is 0. The lowest BCUT2D eigenvalue weighted by Crippen LogP contribution is -2.49. The summed E-state index contributed by atoms with van der Waals surface area (Å²) in [7, 11) is 0. The molecule has 2 amide bonds. The lowest BCUT2D eigenvalue weighted by atomic mass is 10.2. The molecule has 2 aromatic carbocycles. The first kappa shape index (κ1) is 20.6. The average molecular weight is 393 g/mol. The van der Waals surface area contributed by atoms with Gasteiger partial charge in [-0.15, -0.1) is 0 Å². The normalized spacial score (nSPS) is 14.7. The van der Waals surface area contributed by atoms with Crippen LogP contribution in [0, 0.1) is 0 Å². The van der Waals surface area contributed by atoms with Crippen molar-refractivity contribution in [3.05, 3.63) is 71.8 Å². The van der Waals surface area contributed by atoms with Crippen molar-refractivity contribution in [3.8, 4) is 0 Å². The van der Waals surface area contributed by atoms with Crippen molar-refractivity contribution < 1.29 is 14.3 Å². The summed E-state index contributed by atoms with van der Waals surface area (Å²) in [5.74, 6) is -0.388. The second-order valence-electron chi connectivity index (χ2n) is 6.83. The summed E-state index contributed by atoms with van der Waals surface area (Å²) in [5, 5.41) is 2.88. The Morgan fingerprint density at radius 3 is 2.52 bits per heavy atom. The van der Waals surface area contributed by atoms with Gasteiger partial charge in [-0.05, 0) is 30.7 Å². The van der Waals surface area contributed by atoms with E-state index in [2.05, 4.69) is 34.5 Å². The minimum Gasteiger partial charge on any atom is -0.462 e. The second-order valence-corrected chi connectivity index (χ2v) is 6.83. The minimum atomic E-state index is -0.388. The summed E-state index contributed by atoms with van der Waals surface area (Å²) in [6.07, 6.45) is 4.28. The van der Waals surface area contributed by atoms with Crippen LogP contribution in [0.4, 0.5) is 10.5 Å². The van der Waals surface area contributed by atoms with E-state index in [-0.39, 0.29) is 12.0 Å². The number of esters is 1. The predicted molar refractivity (Wildman–Crippen MR) is 115 cm³/mol. The maximum atomic E-state index is 12.5. The van der Waals surface area contributed by atoms with Crippen molar-refractivity contribution in [2.75, 3.05) is 44.6 Å². The van der Waals surface area contributed by atoms with E-state index < -0.39 is 0 Å². The molecule has 1 aliphatic rings.